The summed E-state index contributed by atoms with van der Waals surface area (Å²) >= 11 is 0. The van der Waals surface area contributed by atoms with E-state index in [1.807, 2.05) is 38.1 Å². The fraction of sp³-hybridized carbons (Fsp3) is 0.429. The molecular formula is C28H33N3O6. The lowest BCUT2D eigenvalue weighted by atomic mass is 9.89. The Morgan fingerprint density at radius 1 is 1.03 bits per heavy atom. The first-order valence-electron chi connectivity index (χ1n) is 12.6. The van der Waals surface area contributed by atoms with Gasteiger partial charge in [0.1, 0.15) is 12.1 Å². The average molecular weight is 508 g/mol. The van der Waals surface area contributed by atoms with E-state index in [1.165, 1.54) is 7.11 Å². The number of hydrogen-bond donors (Lipinski definition) is 4. The minimum Gasteiger partial charge on any atom is -0.467 e. The third-order valence-corrected chi connectivity index (χ3v) is 7.07. The van der Waals surface area contributed by atoms with E-state index in [4.69, 9.17) is 4.74 Å². The molecular weight excluding hydrogens is 474 g/mol. The number of methoxy groups -OCH3 is 1. The van der Waals surface area contributed by atoms with E-state index in [-0.39, 0.29) is 24.7 Å². The number of carbonyl (C=O) groups excluding carboxylic acids is 4. The average Bonchev–Trinajstić information content (AvgIpc) is 3.41. The maximum Gasteiger partial charge on any atom is 0.328 e. The highest BCUT2D eigenvalue weighted by atomic mass is 16.5. The van der Waals surface area contributed by atoms with Gasteiger partial charge in [-0.1, -0.05) is 62.4 Å². The fourth-order valence-corrected chi connectivity index (χ4v) is 5.21. The van der Waals surface area contributed by atoms with Crippen LogP contribution in [0.1, 0.15) is 44.2 Å². The van der Waals surface area contributed by atoms with Gasteiger partial charge in [0.25, 0.3) is 5.91 Å². The number of carbonyl (C=O) groups is 4. The summed E-state index contributed by atoms with van der Waals surface area (Å²) in [5, 5.41) is 19.9. The quantitative estimate of drug-likeness (QED) is 0.381. The molecule has 0 saturated carbocycles. The zero-order chi connectivity index (χ0) is 26.7. The summed E-state index contributed by atoms with van der Waals surface area (Å²) in [5.41, 5.74) is 0.406. The van der Waals surface area contributed by atoms with Crippen molar-refractivity contribution < 1.29 is 29.0 Å². The Kier molecular flexibility index (Phi) is 7.63. The number of benzene rings is 2. The lowest BCUT2D eigenvalue weighted by Gasteiger charge is -2.29. The Labute approximate surface area is 216 Å². The number of esters is 1. The SMILES string of the molecule is COC(=O)[C@H](C[C@@H]1CCNC1=O)NC(=O)[C@H](CC(C)C)NC(=O)C1(O)c2ccccc2-c2ccccc21. The summed E-state index contributed by atoms with van der Waals surface area (Å²) in [5.74, 6) is -2.55. The molecule has 9 nitrogen and oxygen atoms in total. The van der Waals surface area contributed by atoms with Gasteiger partial charge in [-0.05, 0) is 36.3 Å². The van der Waals surface area contributed by atoms with Gasteiger partial charge in [0, 0.05) is 23.6 Å². The number of ether oxygens (including phenoxy) is 1. The lowest BCUT2D eigenvalue weighted by Crippen LogP contribution is -2.56. The van der Waals surface area contributed by atoms with Gasteiger partial charge in [-0.15, -0.1) is 0 Å². The first kappa shape index (κ1) is 26.3. The predicted molar refractivity (Wildman–Crippen MR) is 136 cm³/mol. The number of amides is 3. The van der Waals surface area contributed by atoms with Crippen LogP contribution in [-0.4, -0.2) is 54.5 Å². The van der Waals surface area contributed by atoms with E-state index in [9.17, 15) is 24.3 Å². The van der Waals surface area contributed by atoms with Gasteiger partial charge >= 0.3 is 5.97 Å². The van der Waals surface area contributed by atoms with E-state index in [0.717, 1.165) is 11.1 Å². The van der Waals surface area contributed by atoms with Crippen LogP contribution in [0.5, 0.6) is 0 Å². The molecule has 0 bridgehead atoms. The molecule has 1 aliphatic carbocycles. The molecule has 2 aromatic carbocycles. The Morgan fingerprint density at radius 2 is 1.62 bits per heavy atom. The van der Waals surface area contributed by atoms with Crippen molar-refractivity contribution in [2.24, 2.45) is 11.8 Å². The van der Waals surface area contributed by atoms with Gasteiger partial charge in [0.05, 0.1) is 7.11 Å². The lowest BCUT2D eigenvalue weighted by molar-refractivity contribution is -0.146. The van der Waals surface area contributed by atoms with Crippen molar-refractivity contribution in [3.63, 3.8) is 0 Å². The van der Waals surface area contributed by atoms with Crippen LogP contribution in [0, 0.1) is 11.8 Å². The summed E-state index contributed by atoms with van der Waals surface area (Å²) < 4.78 is 4.86. The van der Waals surface area contributed by atoms with Crippen LogP contribution in [0.2, 0.25) is 0 Å². The van der Waals surface area contributed by atoms with Crippen molar-refractivity contribution in [2.45, 2.75) is 50.8 Å². The third kappa shape index (κ3) is 5.09. The second-order valence-corrected chi connectivity index (χ2v) is 10.1. The molecule has 4 N–H and O–H groups in total. The van der Waals surface area contributed by atoms with Crippen LogP contribution in [0.15, 0.2) is 48.5 Å². The standard InChI is InChI=1S/C28H33N3O6/c1-16(2)14-22(25(33)30-23(26(34)37-3)15-17-12-13-29-24(17)32)31-27(35)28(36)20-10-6-4-8-18(20)19-9-5-7-11-21(19)28/h4-11,16-17,22-23,36H,12-15H2,1-3H3,(H,29,32)(H,30,33)(H,31,35)/t17-,22-,23-/m0/s1. The Bertz CT molecular complexity index is 1160. The minimum absolute atomic E-state index is 0.0195. The van der Waals surface area contributed by atoms with Crippen molar-refractivity contribution in [3.8, 4) is 11.1 Å². The first-order chi connectivity index (χ1) is 17.7. The molecule has 0 radical (unpaired) electrons. The summed E-state index contributed by atoms with van der Waals surface area (Å²) in [6.45, 7) is 4.32. The van der Waals surface area contributed by atoms with Crippen molar-refractivity contribution in [1.82, 2.24) is 16.0 Å². The Balaban J connectivity index is 1.58. The van der Waals surface area contributed by atoms with Crippen LogP contribution in [0.4, 0.5) is 0 Å². The fourth-order valence-electron chi connectivity index (χ4n) is 5.21. The van der Waals surface area contributed by atoms with Crippen LogP contribution < -0.4 is 16.0 Å². The second kappa shape index (κ2) is 10.7. The second-order valence-electron chi connectivity index (χ2n) is 10.1. The van der Waals surface area contributed by atoms with Gasteiger partial charge in [-0.25, -0.2) is 4.79 Å². The smallest absolute Gasteiger partial charge is 0.328 e. The van der Waals surface area contributed by atoms with Crippen LogP contribution in [0.3, 0.4) is 0 Å². The molecule has 4 rings (SSSR count). The summed E-state index contributed by atoms with van der Waals surface area (Å²) in [6, 6.07) is 12.2. The molecule has 196 valence electrons. The normalized spacial score (nSPS) is 18.8. The highest BCUT2D eigenvalue weighted by Gasteiger charge is 2.48. The first-order valence-corrected chi connectivity index (χ1v) is 12.6. The van der Waals surface area contributed by atoms with Crippen LogP contribution in [-0.2, 0) is 29.5 Å². The predicted octanol–water partition coefficient (Wildman–Crippen LogP) is 1.62. The molecule has 1 fully saturated rings. The molecule has 0 aromatic heterocycles. The minimum atomic E-state index is -1.98. The summed E-state index contributed by atoms with van der Waals surface area (Å²) in [7, 11) is 1.22. The van der Waals surface area contributed by atoms with Crippen molar-refractivity contribution in [3.05, 3.63) is 59.7 Å². The zero-order valence-electron chi connectivity index (χ0n) is 21.2. The number of aliphatic hydroxyl groups is 1. The molecule has 9 heteroatoms. The van der Waals surface area contributed by atoms with Gasteiger partial charge < -0.3 is 25.8 Å². The van der Waals surface area contributed by atoms with Crippen LogP contribution in [0.25, 0.3) is 11.1 Å². The topological polar surface area (TPSA) is 134 Å². The number of rotatable bonds is 9. The van der Waals surface area contributed by atoms with Crippen molar-refractivity contribution in [1.29, 1.82) is 0 Å². The molecule has 0 unspecified atom stereocenters. The molecule has 2 aliphatic rings. The van der Waals surface area contributed by atoms with E-state index in [1.54, 1.807) is 24.3 Å². The molecule has 2 aromatic rings. The van der Waals surface area contributed by atoms with E-state index < -0.39 is 41.4 Å². The van der Waals surface area contributed by atoms with Crippen molar-refractivity contribution in [2.75, 3.05) is 13.7 Å². The monoisotopic (exact) mass is 507 g/mol. The molecule has 37 heavy (non-hydrogen) atoms. The third-order valence-electron chi connectivity index (χ3n) is 7.07. The Hall–Kier alpha value is -3.72. The number of hydrogen-bond acceptors (Lipinski definition) is 6. The molecule has 3 amide bonds. The number of fused-ring (bicyclic) bond motifs is 3. The zero-order valence-corrected chi connectivity index (χ0v) is 21.2. The molecule has 1 saturated heterocycles. The van der Waals surface area contributed by atoms with E-state index in [2.05, 4.69) is 16.0 Å². The highest BCUT2D eigenvalue weighted by molar-refractivity contribution is 6.01. The molecule has 1 heterocycles. The summed E-state index contributed by atoms with van der Waals surface area (Å²) in [4.78, 5) is 51.6. The summed E-state index contributed by atoms with van der Waals surface area (Å²) in [6.07, 6.45) is 0.923. The van der Waals surface area contributed by atoms with E-state index in [0.29, 0.717) is 24.1 Å². The maximum absolute atomic E-state index is 13.7. The Morgan fingerprint density at radius 3 is 2.14 bits per heavy atom. The molecule has 1 aliphatic heterocycles. The number of nitrogens with one attached hydrogen (secondary N) is 3. The van der Waals surface area contributed by atoms with Gasteiger partial charge in [-0.2, -0.15) is 0 Å². The van der Waals surface area contributed by atoms with E-state index >= 15 is 0 Å². The largest absolute Gasteiger partial charge is 0.467 e. The van der Waals surface area contributed by atoms with Crippen LogP contribution >= 0.6 is 0 Å². The van der Waals surface area contributed by atoms with Gasteiger partial charge in [-0.3, -0.25) is 14.4 Å². The molecule has 0 spiro atoms. The molecule has 3 atom stereocenters. The maximum atomic E-state index is 13.7. The van der Waals surface area contributed by atoms with Gasteiger partial charge in [0.15, 0.2) is 5.60 Å². The highest BCUT2D eigenvalue weighted by Crippen LogP contribution is 2.47. The van der Waals surface area contributed by atoms with Gasteiger partial charge in [0.2, 0.25) is 11.8 Å². The van der Waals surface area contributed by atoms with Crippen molar-refractivity contribution >= 4 is 23.7 Å².